The van der Waals surface area contributed by atoms with Crippen molar-refractivity contribution in [3.05, 3.63) is 0 Å². The second-order valence-electron chi connectivity index (χ2n) is 4.52. The molecule has 2 aliphatic rings. The third-order valence-corrected chi connectivity index (χ3v) is 3.33. The maximum Gasteiger partial charge on any atom is 0.300 e. The average Bonchev–Trinajstić information content (AvgIpc) is 2.19. The van der Waals surface area contributed by atoms with E-state index in [0.29, 0.717) is 0 Å². The molecule has 2 fully saturated rings. The average molecular weight is 214 g/mol. The molecule has 0 radical (unpaired) electrons. The molecule has 2 heterocycles. The molecule has 0 aromatic rings. The van der Waals surface area contributed by atoms with E-state index < -0.39 is 5.97 Å². The van der Waals surface area contributed by atoms with E-state index in [9.17, 15) is 0 Å². The fraction of sp³-hybridized carbons (Fsp3) is 0.909. The van der Waals surface area contributed by atoms with E-state index in [1.54, 1.807) is 0 Å². The summed E-state index contributed by atoms with van der Waals surface area (Å²) in [6.07, 6.45) is 5.65. The lowest BCUT2D eigenvalue weighted by molar-refractivity contribution is -0.134. The Balaban J connectivity index is 0.000000245. The van der Waals surface area contributed by atoms with Gasteiger partial charge >= 0.3 is 0 Å². The van der Waals surface area contributed by atoms with Crippen molar-refractivity contribution in [3.63, 3.8) is 0 Å². The molecular formula is C11H22N2O2. The lowest BCUT2D eigenvalue weighted by Gasteiger charge is -2.41. The molecule has 0 aromatic heterocycles. The van der Waals surface area contributed by atoms with Gasteiger partial charge in [-0.3, -0.25) is 4.79 Å². The van der Waals surface area contributed by atoms with Gasteiger partial charge in [0, 0.05) is 6.92 Å². The van der Waals surface area contributed by atoms with Crippen LogP contribution in [-0.2, 0) is 4.79 Å². The van der Waals surface area contributed by atoms with Crippen molar-refractivity contribution >= 4 is 5.97 Å². The van der Waals surface area contributed by atoms with Crippen molar-refractivity contribution in [1.82, 2.24) is 10.6 Å². The first-order valence-corrected chi connectivity index (χ1v) is 5.76. The number of carboxylic acid groups (broad SMARTS) is 1. The molecule has 0 aliphatic carbocycles. The molecule has 4 nitrogen and oxygen atoms in total. The van der Waals surface area contributed by atoms with Crippen LogP contribution in [0.2, 0.25) is 0 Å². The molecule has 2 aliphatic heterocycles. The lowest BCUT2D eigenvalue weighted by Crippen LogP contribution is -2.43. The van der Waals surface area contributed by atoms with Crippen molar-refractivity contribution in [3.8, 4) is 0 Å². The number of carboxylic acids is 1. The SMILES string of the molecule is C1CC2(CCN1)CCNCC2.CC(=O)O. The molecule has 2 saturated heterocycles. The highest BCUT2D eigenvalue weighted by molar-refractivity contribution is 5.62. The van der Waals surface area contributed by atoms with Crippen molar-refractivity contribution in [2.45, 2.75) is 32.6 Å². The number of carbonyl (C=O) groups is 1. The van der Waals surface area contributed by atoms with Crippen molar-refractivity contribution < 1.29 is 9.90 Å². The third kappa shape index (κ3) is 4.62. The van der Waals surface area contributed by atoms with Gasteiger partial charge in [0.05, 0.1) is 0 Å². The summed E-state index contributed by atoms with van der Waals surface area (Å²) >= 11 is 0. The van der Waals surface area contributed by atoms with E-state index in [2.05, 4.69) is 10.6 Å². The van der Waals surface area contributed by atoms with E-state index >= 15 is 0 Å². The van der Waals surface area contributed by atoms with Gasteiger partial charge in [0.2, 0.25) is 0 Å². The van der Waals surface area contributed by atoms with Crippen LogP contribution in [0, 0.1) is 5.41 Å². The van der Waals surface area contributed by atoms with Gasteiger partial charge < -0.3 is 15.7 Å². The van der Waals surface area contributed by atoms with E-state index in [0.717, 1.165) is 12.3 Å². The van der Waals surface area contributed by atoms with Gasteiger partial charge in [0.1, 0.15) is 0 Å². The Bertz CT molecular complexity index is 171. The molecule has 3 N–H and O–H groups in total. The maximum absolute atomic E-state index is 9.00. The second-order valence-corrected chi connectivity index (χ2v) is 4.52. The van der Waals surface area contributed by atoms with Gasteiger partial charge in [-0.2, -0.15) is 0 Å². The predicted molar refractivity (Wildman–Crippen MR) is 60.0 cm³/mol. The molecule has 0 unspecified atom stereocenters. The van der Waals surface area contributed by atoms with Crippen LogP contribution in [0.3, 0.4) is 0 Å². The smallest absolute Gasteiger partial charge is 0.300 e. The first-order chi connectivity index (χ1) is 7.15. The molecule has 0 atom stereocenters. The Kier molecular flexibility index (Phi) is 5.05. The first-order valence-electron chi connectivity index (χ1n) is 5.76. The standard InChI is InChI=1S/C9H18N2.C2H4O2/c1-5-10-6-2-9(1)3-7-11-8-4-9;1-2(3)4/h10-11H,1-8H2;1H3,(H,3,4). The molecule has 0 amide bonds. The molecule has 0 bridgehead atoms. The molecule has 1 spiro atoms. The third-order valence-electron chi connectivity index (χ3n) is 3.33. The van der Waals surface area contributed by atoms with Crippen LogP contribution in [0.1, 0.15) is 32.6 Å². The summed E-state index contributed by atoms with van der Waals surface area (Å²) in [6.45, 7) is 6.08. The summed E-state index contributed by atoms with van der Waals surface area (Å²) in [5, 5.41) is 14.3. The minimum Gasteiger partial charge on any atom is -0.481 e. The summed E-state index contributed by atoms with van der Waals surface area (Å²) in [5.41, 5.74) is 0.733. The van der Waals surface area contributed by atoms with E-state index in [1.165, 1.54) is 51.9 Å². The highest BCUT2D eigenvalue weighted by Crippen LogP contribution is 2.37. The lowest BCUT2D eigenvalue weighted by atomic mass is 9.72. The predicted octanol–water partition coefficient (Wildman–Crippen LogP) is 0.830. The zero-order valence-corrected chi connectivity index (χ0v) is 9.51. The van der Waals surface area contributed by atoms with E-state index in [1.807, 2.05) is 0 Å². The summed E-state index contributed by atoms with van der Waals surface area (Å²) < 4.78 is 0. The normalized spacial score (nSPS) is 24.1. The van der Waals surface area contributed by atoms with Gasteiger partial charge in [-0.05, 0) is 57.3 Å². The Labute approximate surface area is 91.4 Å². The summed E-state index contributed by atoms with van der Waals surface area (Å²) in [4.78, 5) is 9.00. The fourth-order valence-electron chi connectivity index (χ4n) is 2.41. The van der Waals surface area contributed by atoms with Gasteiger partial charge in [-0.25, -0.2) is 0 Å². The largest absolute Gasteiger partial charge is 0.481 e. The molecule has 2 rings (SSSR count). The Morgan fingerprint density at radius 2 is 1.27 bits per heavy atom. The van der Waals surface area contributed by atoms with Crippen LogP contribution in [-0.4, -0.2) is 37.3 Å². The highest BCUT2D eigenvalue weighted by Gasteiger charge is 2.32. The van der Waals surface area contributed by atoms with Crippen LogP contribution in [0.4, 0.5) is 0 Å². The number of rotatable bonds is 0. The summed E-state index contributed by atoms with van der Waals surface area (Å²) in [6, 6.07) is 0. The van der Waals surface area contributed by atoms with Crippen LogP contribution in [0.15, 0.2) is 0 Å². The molecule has 15 heavy (non-hydrogen) atoms. The number of hydrogen-bond donors (Lipinski definition) is 3. The maximum atomic E-state index is 9.00. The zero-order valence-electron chi connectivity index (χ0n) is 9.51. The van der Waals surface area contributed by atoms with Gasteiger partial charge in [0.25, 0.3) is 5.97 Å². The zero-order chi connectivity index (χ0) is 11.1. The summed E-state index contributed by atoms with van der Waals surface area (Å²) in [7, 11) is 0. The molecule has 4 heteroatoms. The second kappa shape index (κ2) is 6.08. The van der Waals surface area contributed by atoms with E-state index in [4.69, 9.17) is 9.90 Å². The molecule has 88 valence electrons. The van der Waals surface area contributed by atoms with Crippen LogP contribution in [0.25, 0.3) is 0 Å². The Morgan fingerprint density at radius 3 is 1.53 bits per heavy atom. The number of aliphatic carboxylic acids is 1. The Hall–Kier alpha value is -0.610. The molecule has 0 aromatic carbocycles. The summed E-state index contributed by atoms with van der Waals surface area (Å²) in [5.74, 6) is -0.833. The minimum absolute atomic E-state index is 0.733. The van der Waals surface area contributed by atoms with E-state index in [-0.39, 0.29) is 0 Å². The van der Waals surface area contributed by atoms with Gasteiger partial charge in [0.15, 0.2) is 0 Å². The van der Waals surface area contributed by atoms with Gasteiger partial charge in [-0.1, -0.05) is 0 Å². The minimum atomic E-state index is -0.833. The number of piperidine rings is 2. The van der Waals surface area contributed by atoms with Crippen LogP contribution < -0.4 is 10.6 Å². The first kappa shape index (κ1) is 12.5. The van der Waals surface area contributed by atoms with Crippen LogP contribution >= 0.6 is 0 Å². The Morgan fingerprint density at radius 1 is 1.00 bits per heavy atom. The van der Waals surface area contributed by atoms with Crippen molar-refractivity contribution in [2.24, 2.45) is 5.41 Å². The van der Waals surface area contributed by atoms with Crippen LogP contribution in [0.5, 0.6) is 0 Å². The monoisotopic (exact) mass is 214 g/mol. The van der Waals surface area contributed by atoms with Crippen molar-refractivity contribution in [2.75, 3.05) is 26.2 Å². The van der Waals surface area contributed by atoms with Crippen molar-refractivity contribution in [1.29, 1.82) is 0 Å². The topological polar surface area (TPSA) is 61.4 Å². The number of hydrogen-bond acceptors (Lipinski definition) is 3. The quantitative estimate of drug-likeness (QED) is 0.559. The highest BCUT2D eigenvalue weighted by atomic mass is 16.4. The molecular weight excluding hydrogens is 192 g/mol. The fourth-order valence-corrected chi connectivity index (χ4v) is 2.41. The molecule has 0 saturated carbocycles. The number of nitrogens with one attached hydrogen (secondary N) is 2. The van der Waals surface area contributed by atoms with Gasteiger partial charge in [-0.15, -0.1) is 0 Å².